The van der Waals surface area contributed by atoms with Crippen molar-refractivity contribution in [3.63, 3.8) is 0 Å². The molecule has 1 aliphatic rings. The monoisotopic (exact) mass is 378 g/mol. The molecule has 0 spiro atoms. The van der Waals surface area contributed by atoms with E-state index in [2.05, 4.69) is 6.07 Å². The molecule has 136 valence electrons. The maximum Gasteiger partial charge on any atom is 0.265 e. The van der Waals surface area contributed by atoms with Crippen molar-refractivity contribution in [1.82, 2.24) is 14.4 Å². The van der Waals surface area contributed by atoms with Crippen molar-refractivity contribution in [2.45, 2.75) is 13.8 Å². The number of nitrogens with zero attached hydrogens (tertiary/aromatic N) is 4. The van der Waals surface area contributed by atoms with Gasteiger partial charge in [0.2, 0.25) is 0 Å². The van der Waals surface area contributed by atoms with Crippen LogP contribution in [-0.4, -0.2) is 45.4 Å². The zero-order valence-electron chi connectivity index (χ0n) is 15.5. The fourth-order valence-electron chi connectivity index (χ4n) is 3.15. The zero-order valence-corrected chi connectivity index (χ0v) is 16.3. The van der Waals surface area contributed by atoms with Crippen LogP contribution >= 0.6 is 12.2 Å². The lowest BCUT2D eigenvalue weighted by Gasteiger charge is -2.31. The molecular formula is C20H18N4O2S. The van der Waals surface area contributed by atoms with E-state index in [4.69, 9.17) is 17.5 Å². The first-order valence-electron chi connectivity index (χ1n) is 8.27. The first-order valence-corrected chi connectivity index (χ1v) is 8.68. The van der Waals surface area contributed by atoms with E-state index in [0.29, 0.717) is 5.56 Å². The number of nitriles is 1. The summed E-state index contributed by atoms with van der Waals surface area (Å²) >= 11 is 5.11. The second kappa shape index (κ2) is 6.82. The van der Waals surface area contributed by atoms with Crippen LogP contribution in [0.4, 0.5) is 0 Å². The largest absolute Gasteiger partial charge is 0.318 e. The lowest BCUT2D eigenvalue weighted by Crippen LogP contribution is -2.52. The third kappa shape index (κ3) is 3.04. The predicted octanol–water partition coefficient (Wildman–Crippen LogP) is 2.56. The molecule has 0 saturated carbocycles. The minimum Gasteiger partial charge on any atom is -0.318 e. The molecular weight excluding hydrogens is 360 g/mol. The van der Waals surface area contributed by atoms with Gasteiger partial charge >= 0.3 is 0 Å². The molecule has 1 aliphatic heterocycles. The van der Waals surface area contributed by atoms with Gasteiger partial charge in [-0.3, -0.25) is 19.4 Å². The zero-order chi connectivity index (χ0) is 19.9. The van der Waals surface area contributed by atoms with Crippen LogP contribution in [0.3, 0.4) is 0 Å². The maximum atomic E-state index is 12.5. The van der Waals surface area contributed by atoms with E-state index < -0.39 is 11.8 Å². The van der Waals surface area contributed by atoms with Gasteiger partial charge in [-0.1, -0.05) is 0 Å². The molecule has 0 radical (unpaired) electrons. The first kappa shape index (κ1) is 18.5. The Morgan fingerprint density at radius 2 is 1.59 bits per heavy atom. The van der Waals surface area contributed by atoms with Crippen LogP contribution < -0.4 is 0 Å². The normalized spacial score (nSPS) is 14.6. The van der Waals surface area contributed by atoms with E-state index in [1.807, 2.05) is 36.6 Å². The summed E-state index contributed by atoms with van der Waals surface area (Å²) < 4.78 is 2.02. The summed E-state index contributed by atoms with van der Waals surface area (Å²) in [6.07, 6.45) is 1.61. The second-order valence-corrected chi connectivity index (χ2v) is 6.75. The van der Waals surface area contributed by atoms with Crippen LogP contribution in [0.2, 0.25) is 0 Å². The van der Waals surface area contributed by atoms with E-state index in [1.165, 1.54) is 9.80 Å². The van der Waals surface area contributed by atoms with E-state index in [9.17, 15) is 9.59 Å². The van der Waals surface area contributed by atoms with Gasteiger partial charge in [0.05, 0.1) is 11.6 Å². The molecule has 2 amide bonds. The van der Waals surface area contributed by atoms with Crippen molar-refractivity contribution >= 4 is 35.2 Å². The Bertz CT molecular complexity index is 1020. The minimum absolute atomic E-state index is 0.0775. The highest BCUT2D eigenvalue weighted by Gasteiger charge is 2.35. The molecule has 1 aromatic heterocycles. The molecule has 27 heavy (non-hydrogen) atoms. The number of carbonyl (C=O) groups excluding carboxylic acids is 2. The van der Waals surface area contributed by atoms with E-state index >= 15 is 0 Å². The van der Waals surface area contributed by atoms with Gasteiger partial charge in [-0.2, -0.15) is 5.26 Å². The fraction of sp³-hybridized carbons (Fsp3) is 0.200. The first-order chi connectivity index (χ1) is 12.8. The summed E-state index contributed by atoms with van der Waals surface area (Å²) in [5.74, 6) is -0.822. The van der Waals surface area contributed by atoms with Crippen LogP contribution in [0.1, 0.15) is 22.5 Å². The molecule has 0 aliphatic carbocycles. The molecule has 7 heteroatoms. The third-order valence-corrected chi connectivity index (χ3v) is 5.22. The SMILES string of the molecule is Cc1cc(C=C2C(=O)N(C)C(=S)N(C)C2=O)c(C)n1-c1ccc(C#N)cc1. The molecule has 3 rings (SSSR count). The van der Waals surface area contributed by atoms with Gasteiger partial charge in [-0.25, -0.2) is 0 Å². The molecule has 0 atom stereocenters. The number of amides is 2. The molecule has 0 N–H and O–H groups in total. The third-order valence-electron chi connectivity index (χ3n) is 4.67. The van der Waals surface area contributed by atoms with E-state index in [0.717, 1.165) is 22.6 Å². The molecule has 6 nitrogen and oxygen atoms in total. The topological polar surface area (TPSA) is 69.3 Å². The molecule has 0 unspecified atom stereocenters. The van der Waals surface area contributed by atoms with Crippen LogP contribution in [-0.2, 0) is 9.59 Å². The summed E-state index contributed by atoms with van der Waals surface area (Å²) in [5, 5.41) is 9.15. The Balaban J connectivity index is 2.07. The Morgan fingerprint density at radius 3 is 2.11 bits per heavy atom. The number of hydrogen-bond donors (Lipinski definition) is 0. The van der Waals surface area contributed by atoms with Crippen molar-refractivity contribution in [1.29, 1.82) is 5.26 Å². The Labute approximate surface area is 162 Å². The highest BCUT2D eigenvalue weighted by molar-refractivity contribution is 7.80. The van der Waals surface area contributed by atoms with Crippen LogP contribution in [0.25, 0.3) is 11.8 Å². The number of aryl methyl sites for hydroxylation is 1. The predicted molar refractivity (Wildman–Crippen MR) is 106 cm³/mol. The van der Waals surface area contributed by atoms with Crippen molar-refractivity contribution in [2.75, 3.05) is 14.1 Å². The average Bonchev–Trinajstić information content (AvgIpc) is 2.95. The number of thiocarbonyl (C=S) groups is 1. The van der Waals surface area contributed by atoms with Gasteiger partial charge in [0.25, 0.3) is 11.8 Å². The van der Waals surface area contributed by atoms with Crippen molar-refractivity contribution in [3.8, 4) is 11.8 Å². The number of likely N-dealkylation sites (N-methyl/N-ethyl adjacent to an activating group) is 2. The average molecular weight is 378 g/mol. The number of rotatable bonds is 2. The summed E-state index contributed by atoms with van der Waals surface area (Å²) in [6.45, 7) is 3.87. The number of aromatic nitrogens is 1. The van der Waals surface area contributed by atoms with Crippen molar-refractivity contribution in [3.05, 3.63) is 58.4 Å². The molecule has 2 aromatic rings. The maximum absolute atomic E-state index is 12.5. The summed E-state index contributed by atoms with van der Waals surface area (Å²) in [6, 6.07) is 11.3. The van der Waals surface area contributed by atoms with Crippen molar-refractivity contribution < 1.29 is 9.59 Å². The molecule has 1 saturated heterocycles. The number of carbonyl (C=O) groups is 2. The van der Waals surface area contributed by atoms with E-state index in [-0.39, 0.29) is 10.7 Å². The van der Waals surface area contributed by atoms with Gasteiger partial charge < -0.3 is 4.57 Å². The van der Waals surface area contributed by atoms with Gasteiger partial charge in [0.15, 0.2) is 5.11 Å². The molecule has 1 aromatic carbocycles. The standard InChI is InChI=1S/C20H18N4O2S/c1-12-9-15(10-17-18(25)22(3)20(27)23(4)19(17)26)13(2)24(12)16-7-5-14(11-21)6-8-16/h5-10H,1-4H3. The van der Waals surface area contributed by atoms with Crippen LogP contribution in [0.5, 0.6) is 0 Å². The highest BCUT2D eigenvalue weighted by Crippen LogP contribution is 2.25. The van der Waals surface area contributed by atoms with Crippen molar-refractivity contribution in [2.24, 2.45) is 0 Å². The molecule has 2 heterocycles. The van der Waals surface area contributed by atoms with Gasteiger partial charge in [-0.05, 0) is 68.0 Å². The smallest absolute Gasteiger partial charge is 0.265 e. The summed E-state index contributed by atoms with van der Waals surface area (Å²) in [5.41, 5.74) is 4.20. The Kier molecular flexibility index (Phi) is 4.68. The fourth-order valence-corrected chi connectivity index (χ4v) is 3.31. The lowest BCUT2D eigenvalue weighted by atomic mass is 10.1. The van der Waals surface area contributed by atoms with E-state index in [1.54, 1.807) is 32.3 Å². The molecule has 0 bridgehead atoms. The quantitative estimate of drug-likeness (QED) is 0.458. The van der Waals surface area contributed by atoms with Crippen LogP contribution in [0, 0.1) is 25.2 Å². The van der Waals surface area contributed by atoms with Gasteiger partial charge in [0, 0.05) is 31.2 Å². The minimum atomic E-state index is -0.411. The highest BCUT2D eigenvalue weighted by atomic mass is 32.1. The number of benzene rings is 1. The summed E-state index contributed by atoms with van der Waals surface area (Å²) in [4.78, 5) is 27.6. The Morgan fingerprint density at radius 1 is 1.04 bits per heavy atom. The van der Waals surface area contributed by atoms with Crippen LogP contribution in [0.15, 0.2) is 35.9 Å². The molecule has 1 fully saturated rings. The number of hydrogen-bond acceptors (Lipinski definition) is 4. The summed E-state index contributed by atoms with van der Waals surface area (Å²) in [7, 11) is 3.11. The lowest BCUT2D eigenvalue weighted by molar-refractivity contribution is -0.132. The Hall–Kier alpha value is -3.24. The second-order valence-electron chi connectivity index (χ2n) is 6.39. The van der Waals surface area contributed by atoms with Gasteiger partial charge in [0.1, 0.15) is 5.57 Å². The van der Waals surface area contributed by atoms with Gasteiger partial charge in [-0.15, -0.1) is 0 Å².